The number of nitrogens with zero attached hydrogens (tertiary/aromatic N) is 6. The molecule has 6 rings (SSSR count). The van der Waals surface area contributed by atoms with Crippen LogP contribution in [0.5, 0.6) is 0 Å². The Kier molecular flexibility index (Phi) is 6.88. The molecule has 4 heterocycles. The van der Waals surface area contributed by atoms with Gasteiger partial charge in [-0.3, -0.25) is 9.78 Å². The number of anilines is 2. The number of aromatic nitrogens is 6. The molecule has 9 nitrogen and oxygen atoms in total. The summed E-state index contributed by atoms with van der Waals surface area (Å²) in [5, 5.41) is 6.67. The monoisotopic (exact) mass is 582 g/mol. The third-order valence-corrected chi connectivity index (χ3v) is 7.02. The molecule has 0 aliphatic rings. The number of amides is 1. The van der Waals surface area contributed by atoms with Gasteiger partial charge in [-0.1, -0.05) is 6.07 Å². The zero-order chi connectivity index (χ0) is 30.3. The second-order valence-electron chi connectivity index (χ2n) is 10.00. The third-order valence-electron chi connectivity index (χ3n) is 7.02. The molecule has 1 amide bonds. The lowest BCUT2D eigenvalue weighted by Gasteiger charge is -2.14. The molecule has 0 spiro atoms. The fourth-order valence-electron chi connectivity index (χ4n) is 4.79. The number of hydrogen-bond acceptors (Lipinski definition) is 6. The summed E-state index contributed by atoms with van der Waals surface area (Å²) in [6, 6.07) is 14.2. The molecule has 0 fully saturated rings. The molecule has 216 valence electrons. The van der Waals surface area contributed by atoms with Crippen LogP contribution in [0.2, 0.25) is 0 Å². The maximum atomic E-state index is 13.7. The van der Waals surface area contributed by atoms with Gasteiger partial charge in [0.1, 0.15) is 18.0 Å². The number of alkyl halides is 3. The Hall–Kier alpha value is -5.52. The highest BCUT2D eigenvalue weighted by molar-refractivity contribution is 6.05. The number of imidazole rings is 1. The largest absolute Gasteiger partial charge is 0.416 e. The average molecular weight is 583 g/mol. The van der Waals surface area contributed by atoms with Crippen LogP contribution in [0.25, 0.3) is 33.7 Å². The number of hydrogen-bond donors (Lipinski definition) is 2. The molecule has 43 heavy (non-hydrogen) atoms. The minimum Gasteiger partial charge on any atom is -0.373 e. The van der Waals surface area contributed by atoms with Crippen LogP contribution >= 0.6 is 0 Å². The topological polar surface area (TPSA) is 103 Å². The molecule has 0 saturated carbocycles. The van der Waals surface area contributed by atoms with Gasteiger partial charge in [0.15, 0.2) is 0 Å². The van der Waals surface area contributed by atoms with Crippen molar-refractivity contribution in [1.29, 1.82) is 0 Å². The van der Waals surface area contributed by atoms with Crippen LogP contribution in [0.3, 0.4) is 0 Å². The van der Waals surface area contributed by atoms with E-state index in [0.717, 1.165) is 34.2 Å². The SMILES string of the molecule is CNc1cc(-n2ccc3cnc(-c4cc(NC(=O)c5cc(-n6cnc(C)c6)cc(C(F)(F)F)c5)ccc4C)cc32)ncn1. The van der Waals surface area contributed by atoms with Crippen molar-refractivity contribution in [3.63, 3.8) is 0 Å². The van der Waals surface area contributed by atoms with E-state index in [1.165, 1.54) is 23.3 Å². The number of pyridine rings is 1. The van der Waals surface area contributed by atoms with Crippen LogP contribution in [0.1, 0.15) is 27.2 Å². The minimum absolute atomic E-state index is 0.138. The Morgan fingerprint density at radius 1 is 0.930 bits per heavy atom. The van der Waals surface area contributed by atoms with Gasteiger partial charge in [-0.05, 0) is 61.9 Å². The molecule has 2 N–H and O–H groups in total. The van der Waals surface area contributed by atoms with Crippen LogP contribution in [0, 0.1) is 13.8 Å². The summed E-state index contributed by atoms with van der Waals surface area (Å²) in [6.07, 6.45) is 3.50. The number of carbonyl (C=O) groups excluding carboxylic acids is 1. The average Bonchev–Trinajstić information content (AvgIpc) is 3.63. The maximum Gasteiger partial charge on any atom is 0.416 e. The van der Waals surface area contributed by atoms with Crippen molar-refractivity contribution in [3.8, 4) is 22.8 Å². The molecule has 12 heteroatoms. The van der Waals surface area contributed by atoms with E-state index < -0.39 is 17.6 Å². The summed E-state index contributed by atoms with van der Waals surface area (Å²) in [7, 11) is 1.78. The lowest BCUT2D eigenvalue weighted by atomic mass is 10.0. The Labute approximate surface area is 244 Å². The molecular weight excluding hydrogens is 557 g/mol. The van der Waals surface area contributed by atoms with Crippen molar-refractivity contribution in [3.05, 3.63) is 108 Å². The Balaban J connectivity index is 1.34. The van der Waals surface area contributed by atoms with Crippen molar-refractivity contribution >= 4 is 28.3 Å². The van der Waals surface area contributed by atoms with E-state index in [1.807, 2.05) is 42.0 Å². The molecule has 2 aromatic carbocycles. The lowest BCUT2D eigenvalue weighted by Crippen LogP contribution is -2.15. The Morgan fingerprint density at radius 3 is 2.51 bits per heavy atom. The van der Waals surface area contributed by atoms with Crippen molar-refractivity contribution in [2.45, 2.75) is 20.0 Å². The van der Waals surface area contributed by atoms with Gasteiger partial charge in [-0.2, -0.15) is 13.2 Å². The normalized spacial score (nSPS) is 11.6. The summed E-state index contributed by atoms with van der Waals surface area (Å²) < 4.78 is 44.6. The summed E-state index contributed by atoms with van der Waals surface area (Å²) >= 11 is 0. The first-order chi connectivity index (χ1) is 20.6. The fourth-order valence-corrected chi connectivity index (χ4v) is 4.79. The molecule has 0 atom stereocenters. The molecule has 4 aromatic heterocycles. The van der Waals surface area contributed by atoms with Crippen LogP contribution in [-0.2, 0) is 6.18 Å². The Bertz CT molecular complexity index is 1990. The number of halogens is 3. The predicted molar refractivity (Wildman–Crippen MR) is 158 cm³/mol. The number of benzene rings is 2. The number of fused-ring (bicyclic) bond motifs is 1. The van der Waals surface area contributed by atoms with E-state index in [2.05, 4.69) is 30.6 Å². The van der Waals surface area contributed by atoms with E-state index >= 15 is 0 Å². The van der Waals surface area contributed by atoms with Crippen molar-refractivity contribution in [1.82, 2.24) is 29.1 Å². The lowest BCUT2D eigenvalue weighted by molar-refractivity contribution is -0.137. The first-order valence-electron chi connectivity index (χ1n) is 13.2. The van der Waals surface area contributed by atoms with E-state index in [-0.39, 0.29) is 11.3 Å². The quantitative estimate of drug-likeness (QED) is 0.230. The zero-order valence-corrected chi connectivity index (χ0v) is 23.3. The van der Waals surface area contributed by atoms with Crippen molar-refractivity contribution < 1.29 is 18.0 Å². The number of rotatable bonds is 6. The molecule has 0 bridgehead atoms. The molecule has 6 aromatic rings. The number of nitrogens with one attached hydrogen (secondary N) is 2. The van der Waals surface area contributed by atoms with E-state index in [0.29, 0.717) is 28.7 Å². The summed E-state index contributed by atoms with van der Waals surface area (Å²) in [6.45, 7) is 3.65. The fraction of sp³-hybridized carbons (Fsp3) is 0.129. The van der Waals surface area contributed by atoms with E-state index in [4.69, 9.17) is 0 Å². The van der Waals surface area contributed by atoms with E-state index in [9.17, 15) is 18.0 Å². The van der Waals surface area contributed by atoms with Gasteiger partial charge in [-0.25, -0.2) is 15.0 Å². The molecule has 0 unspecified atom stereocenters. The minimum atomic E-state index is -4.64. The van der Waals surface area contributed by atoms with Gasteiger partial charge < -0.3 is 19.8 Å². The summed E-state index contributed by atoms with van der Waals surface area (Å²) in [4.78, 5) is 30.6. The summed E-state index contributed by atoms with van der Waals surface area (Å²) in [5.41, 5.74) is 3.33. The number of carbonyl (C=O) groups is 1. The molecule has 0 radical (unpaired) electrons. The molecule has 0 aliphatic carbocycles. The van der Waals surface area contributed by atoms with Gasteiger partial charge in [0.25, 0.3) is 5.91 Å². The highest BCUT2D eigenvalue weighted by Crippen LogP contribution is 2.33. The molecule has 0 aliphatic heterocycles. The van der Waals surface area contributed by atoms with Crippen LogP contribution < -0.4 is 10.6 Å². The Morgan fingerprint density at radius 2 is 1.77 bits per heavy atom. The van der Waals surface area contributed by atoms with Gasteiger partial charge in [0, 0.05) is 59.6 Å². The highest BCUT2D eigenvalue weighted by Gasteiger charge is 2.32. The maximum absolute atomic E-state index is 13.7. The zero-order valence-electron chi connectivity index (χ0n) is 23.3. The van der Waals surface area contributed by atoms with Crippen molar-refractivity contribution in [2.75, 3.05) is 17.7 Å². The smallest absolute Gasteiger partial charge is 0.373 e. The first kappa shape index (κ1) is 27.6. The molecule has 0 saturated heterocycles. The third kappa shape index (κ3) is 5.54. The number of aryl methyl sites for hydroxylation is 2. The standard InChI is InChI=1S/C31H25F3N8O/c1-18-4-5-23(40-30(43)21-8-22(31(32,33)34)10-24(9-21)41-15-19(2)39-17-41)11-25(18)26-12-27-20(14-36-26)6-7-42(27)29-13-28(35-3)37-16-38-29/h4-17H,1-3H3,(H,40,43)(H,35,37,38). The second kappa shape index (κ2) is 10.7. The van der Waals surface area contributed by atoms with Gasteiger partial charge in [0.2, 0.25) is 0 Å². The van der Waals surface area contributed by atoms with Crippen LogP contribution in [0.15, 0.2) is 85.8 Å². The van der Waals surface area contributed by atoms with Gasteiger partial charge in [-0.15, -0.1) is 0 Å². The van der Waals surface area contributed by atoms with Gasteiger partial charge >= 0.3 is 6.18 Å². The van der Waals surface area contributed by atoms with Crippen LogP contribution in [-0.4, -0.2) is 42.0 Å². The van der Waals surface area contributed by atoms with Gasteiger partial charge in [0.05, 0.1) is 28.8 Å². The van der Waals surface area contributed by atoms with E-state index in [1.54, 1.807) is 38.5 Å². The van der Waals surface area contributed by atoms with Crippen LogP contribution in [0.4, 0.5) is 24.7 Å². The predicted octanol–water partition coefficient (Wildman–Crippen LogP) is 6.60. The molecular formula is C31H25F3N8O. The first-order valence-corrected chi connectivity index (χ1v) is 13.2. The highest BCUT2D eigenvalue weighted by atomic mass is 19.4. The summed E-state index contributed by atoms with van der Waals surface area (Å²) in [5.74, 6) is 0.671. The second-order valence-corrected chi connectivity index (χ2v) is 10.00. The van der Waals surface area contributed by atoms with Crippen molar-refractivity contribution in [2.24, 2.45) is 0 Å².